The molecule has 0 unspecified atom stereocenters. The van der Waals surface area contributed by atoms with Gasteiger partial charge in [0, 0.05) is 12.1 Å². The van der Waals surface area contributed by atoms with E-state index in [0.29, 0.717) is 3.57 Å². The minimum absolute atomic E-state index is 0.0685. The summed E-state index contributed by atoms with van der Waals surface area (Å²) in [5, 5.41) is 0. The highest BCUT2D eigenvalue weighted by molar-refractivity contribution is 14.1. The van der Waals surface area contributed by atoms with E-state index in [9.17, 15) is 13.6 Å². The van der Waals surface area contributed by atoms with Gasteiger partial charge in [-0.1, -0.05) is 6.58 Å². The number of halogens is 3. The highest BCUT2D eigenvalue weighted by Gasteiger charge is 2.44. The molecule has 0 amide bonds. The zero-order chi connectivity index (χ0) is 15.6. The number of alkyl halides is 2. The molecule has 0 saturated carbocycles. The fourth-order valence-electron chi connectivity index (χ4n) is 1.52. The van der Waals surface area contributed by atoms with Gasteiger partial charge in [-0.25, -0.2) is 4.79 Å². The average molecular weight is 412 g/mol. The van der Waals surface area contributed by atoms with Gasteiger partial charge in [0.25, 0.3) is 0 Å². The van der Waals surface area contributed by atoms with E-state index < -0.39 is 12.3 Å². The van der Waals surface area contributed by atoms with Gasteiger partial charge in [-0.2, -0.15) is 0 Å². The van der Waals surface area contributed by atoms with Crippen LogP contribution in [0.25, 0.3) is 0 Å². The lowest BCUT2D eigenvalue weighted by molar-refractivity contribution is -0.286. The van der Waals surface area contributed by atoms with Crippen molar-refractivity contribution in [3.8, 4) is 17.2 Å². The normalized spacial score (nSPS) is 14.7. The Bertz CT molecular complexity index is 588. The maximum absolute atomic E-state index is 12.9. The number of rotatable bonds is 5. The Morgan fingerprint density at radius 2 is 2.00 bits per heavy atom. The Balaban J connectivity index is 2.06. The van der Waals surface area contributed by atoms with Gasteiger partial charge in [-0.05, 0) is 29.5 Å². The van der Waals surface area contributed by atoms with E-state index in [1.165, 1.54) is 12.1 Å². The number of carbonyl (C=O) groups is 1. The van der Waals surface area contributed by atoms with Crippen molar-refractivity contribution in [2.75, 3.05) is 13.2 Å². The molecule has 5 nitrogen and oxygen atoms in total. The average Bonchev–Trinajstić information content (AvgIpc) is 2.68. The molecule has 21 heavy (non-hydrogen) atoms. The maximum atomic E-state index is 12.9. The second-order valence-electron chi connectivity index (χ2n) is 4.01. The minimum Gasteiger partial charge on any atom is -0.487 e. The molecule has 0 N–H and O–H groups in total. The van der Waals surface area contributed by atoms with Crippen LogP contribution in [0.4, 0.5) is 8.78 Å². The van der Waals surface area contributed by atoms with Crippen LogP contribution in [0.5, 0.6) is 17.2 Å². The Kier molecular flexibility index (Phi) is 4.55. The van der Waals surface area contributed by atoms with Gasteiger partial charge in [-0.3, -0.25) is 0 Å². The lowest BCUT2D eigenvalue weighted by Crippen LogP contribution is -2.25. The number of hydrogen-bond donors (Lipinski definition) is 0. The molecule has 0 atom stereocenters. The van der Waals surface area contributed by atoms with Crippen LogP contribution in [0.2, 0.25) is 0 Å². The summed E-state index contributed by atoms with van der Waals surface area (Å²) in [6.07, 6.45) is -3.68. The Hall–Kier alpha value is -1.58. The number of carbonyl (C=O) groups excluding carboxylic acids is 1. The molecule has 1 aromatic carbocycles. The molecular weight excluding hydrogens is 401 g/mol. The molecule has 0 aliphatic carbocycles. The van der Waals surface area contributed by atoms with Crippen molar-refractivity contribution in [2.45, 2.75) is 13.2 Å². The summed E-state index contributed by atoms with van der Waals surface area (Å²) >= 11 is 1.90. The third-order valence-electron chi connectivity index (χ3n) is 2.42. The molecule has 114 valence electrons. The van der Waals surface area contributed by atoms with Gasteiger partial charge in [-0.15, -0.1) is 8.78 Å². The lowest BCUT2D eigenvalue weighted by atomic mass is 10.3. The third kappa shape index (κ3) is 3.74. The molecule has 0 saturated heterocycles. The van der Waals surface area contributed by atoms with Crippen molar-refractivity contribution in [1.82, 2.24) is 0 Å². The van der Waals surface area contributed by atoms with Gasteiger partial charge in [0.05, 0.1) is 15.8 Å². The van der Waals surface area contributed by atoms with Crippen LogP contribution >= 0.6 is 22.6 Å². The molecule has 1 aromatic rings. The lowest BCUT2D eigenvalue weighted by Gasteiger charge is -2.10. The molecule has 8 heteroatoms. The zero-order valence-corrected chi connectivity index (χ0v) is 13.1. The van der Waals surface area contributed by atoms with E-state index in [2.05, 4.69) is 16.1 Å². The first-order valence-corrected chi connectivity index (χ1v) is 6.97. The van der Waals surface area contributed by atoms with Crippen molar-refractivity contribution in [3.05, 3.63) is 27.9 Å². The van der Waals surface area contributed by atoms with Crippen LogP contribution in [0.15, 0.2) is 24.3 Å². The van der Waals surface area contributed by atoms with Crippen LogP contribution in [0.3, 0.4) is 0 Å². The highest BCUT2D eigenvalue weighted by Crippen LogP contribution is 2.44. The Morgan fingerprint density at radius 1 is 1.38 bits per heavy atom. The molecule has 2 rings (SSSR count). The zero-order valence-electron chi connectivity index (χ0n) is 11.0. The SMILES string of the molecule is C=C(COc1cc2c(cc1I)OC(F)(F)O2)C(=O)OCC. The van der Waals surface area contributed by atoms with Gasteiger partial charge in [0.2, 0.25) is 0 Å². The molecule has 1 aliphatic rings. The van der Waals surface area contributed by atoms with E-state index in [1.54, 1.807) is 6.92 Å². The van der Waals surface area contributed by atoms with Crippen molar-refractivity contribution in [1.29, 1.82) is 0 Å². The Morgan fingerprint density at radius 3 is 2.62 bits per heavy atom. The number of esters is 1. The van der Waals surface area contributed by atoms with Gasteiger partial charge >= 0.3 is 12.3 Å². The summed E-state index contributed by atoms with van der Waals surface area (Å²) < 4.78 is 45.2. The fourth-order valence-corrected chi connectivity index (χ4v) is 2.11. The molecule has 0 radical (unpaired) electrons. The van der Waals surface area contributed by atoms with Crippen LogP contribution < -0.4 is 14.2 Å². The van der Waals surface area contributed by atoms with Crippen LogP contribution in [0, 0.1) is 3.57 Å². The first-order chi connectivity index (χ1) is 9.82. The quantitative estimate of drug-likeness (QED) is 0.423. The highest BCUT2D eigenvalue weighted by atomic mass is 127. The van der Waals surface area contributed by atoms with Crippen LogP contribution in [-0.4, -0.2) is 25.5 Å². The Labute approximate surface area is 132 Å². The minimum atomic E-state index is -3.68. The summed E-state index contributed by atoms with van der Waals surface area (Å²) in [7, 11) is 0. The summed E-state index contributed by atoms with van der Waals surface area (Å²) in [4.78, 5) is 11.4. The molecule has 0 bridgehead atoms. The maximum Gasteiger partial charge on any atom is 0.586 e. The van der Waals surface area contributed by atoms with Gasteiger partial charge in [0.1, 0.15) is 12.4 Å². The van der Waals surface area contributed by atoms with E-state index >= 15 is 0 Å². The fraction of sp³-hybridized carbons (Fsp3) is 0.308. The smallest absolute Gasteiger partial charge is 0.487 e. The summed E-state index contributed by atoms with van der Waals surface area (Å²) in [5.74, 6) is -0.487. The molecule has 0 spiro atoms. The van der Waals surface area contributed by atoms with E-state index in [4.69, 9.17) is 9.47 Å². The standard InChI is InChI=1S/C13H11F2IO5/c1-3-18-12(17)7(2)6-19-9-5-11-10(4-8(9)16)20-13(14,15)21-11/h4-5H,2-3,6H2,1H3. The summed E-state index contributed by atoms with van der Waals surface area (Å²) in [6.45, 7) is 5.32. The van der Waals surface area contributed by atoms with Gasteiger partial charge in [0.15, 0.2) is 11.5 Å². The van der Waals surface area contributed by atoms with E-state index in [-0.39, 0.29) is 36.0 Å². The predicted molar refractivity (Wildman–Crippen MR) is 76.6 cm³/mol. The predicted octanol–water partition coefficient (Wildman–Crippen LogP) is 3.11. The van der Waals surface area contributed by atoms with E-state index in [1.807, 2.05) is 22.6 Å². The summed E-state index contributed by atoms with van der Waals surface area (Å²) in [6, 6.07) is 2.63. The summed E-state index contributed by atoms with van der Waals surface area (Å²) in [5.41, 5.74) is 0.121. The van der Waals surface area contributed by atoms with Crippen molar-refractivity contribution < 1.29 is 32.5 Å². The first-order valence-electron chi connectivity index (χ1n) is 5.89. The first kappa shape index (κ1) is 15.8. The third-order valence-corrected chi connectivity index (χ3v) is 3.26. The molecule has 1 heterocycles. The largest absolute Gasteiger partial charge is 0.586 e. The van der Waals surface area contributed by atoms with Crippen LogP contribution in [-0.2, 0) is 9.53 Å². The van der Waals surface area contributed by atoms with Crippen molar-refractivity contribution in [3.63, 3.8) is 0 Å². The second kappa shape index (κ2) is 6.04. The van der Waals surface area contributed by atoms with Crippen molar-refractivity contribution in [2.24, 2.45) is 0 Å². The van der Waals surface area contributed by atoms with Crippen molar-refractivity contribution >= 4 is 28.6 Å². The molecule has 0 aromatic heterocycles. The monoisotopic (exact) mass is 412 g/mol. The second-order valence-corrected chi connectivity index (χ2v) is 5.17. The molecular formula is C13H11F2IO5. The number of hydrogen-bond acceptors (Lipinski definition) is 5. The number of ether oxygens (including phenoxy) is 4. The number of fused-ring (bicyclic) bond motifs is 1. The molecule has 1 aliphatic heterocycles. The number of benzene rings is 1. The van der Waals surface area contributed by atoms with Crippen LogP contribution in [0.1, 0.15) is 6.92 Å². The van der Waals surface area contributed by atoms with Gasteiger partial charge < -0.3 is 18.9 Å². The topological polar surface area (TPSA) is 54.0 Å². The molecule has 0 fully saturated rings. The van der Waals surface area contributed by atoms with E-state index in [0.717, 1.165) is 0 Å².